The molecule has 0 unspecified atom stereocenters. The summed E-state index contributed by atoms with van der Waals surface area (Å²) < 4.78 is 5.27. The normalized spacial score (nSPS) is 11.1. The number of aromatic nitrogens is 1. The van der Waals surface area contributed by atoms with Gasteiger partial charge in [0.05, 0.1) is 0 Å². The van der Waals surface area contributed by atoms with Crippen LogP contribution < -0.4 is 5.73 Å². The van der Waals surface area contributed by atoms with Crippen LogP contribution in [0.4, 0.5) is 5.82 Å². The minimum Gasteiger partial charge on any atom is -0.381 e. The summed E-state index contributed by atoms with van der Waals surface area (Å²) in [6.07, 6.45) is 1.01. The van der Waals surface area contributed by atoms with E-state index in [1.165, 1.54) is 11.1 Å². The van der Waals surface area contributed by atoms with Crippen LogP contribution in [0, 0.1) is 0 Å². The van der Waals surface area contributed by atoms with Crippen molar-refractivity contribution in [2.24, 2.45) is 0 Å². The number of anilines is 1. The SMILES string of the molecule is CCc1ccc(C(C)C)c(-c2cc(N)no2)c1. The molecule has 0 fully saturated rings. The van der Waals surface area contributed by atoms with Crippen molar-refractivity contribution in [3.05, 3.63) is 35.4 Å². The Morgan fingerprint density at radius 2 is 2.06 bits per heavy atom. The molecule has 0 bridgehead atoms. The number of benzene rings is 1. The molecule has 0 aliphatic carbocycles. The van der Waals surface area contributed by atoms with Crippen molar-refractivity contribution >= 4 is 5.82 Å². The largest absolute Gasteiger partial charge is 0.381 e. The standard InChI is InChI=1S/C14H18N2O/c1-4-10-5-6-11(9(2)3)12(7-10)13-8-14(15)16-17-13/h5-9H,4H2,1-3H3,(H2,15,16). The zero-order chi connectivity index (χ0) is 12.4. The average Bonchev–Trinajstić information content (AvgIpc) is 2.75. The molecule has 3 nitrogen and oxygen atoms in total. The number of nitrogens with two attached hydrogens (primary N) is 1. The van der Waals surface area contributed by atoms with Crippen LogP contribution >= 0.6 is 0 Å². The fourth-order valence-electron chi connectivity index (χ4n) is 1.96. The molecule has 3 heteroatoms. The van der Waals surface area contributed by atoms with Crippen LogP contribution in [0.2, 0.25) is 0 Å². The average molecular weight is 230 g/mol. The zero-order valence-electron chi connectivity index (χ0n) is 10.5. The molecule has 0 spiro atoms. The molecule has 1 aromatic carbocycles. The molecule has 2 rings (SSSR count). The third kappa shape index (κ3) is 2.33. The van der Waals surface area contributed by atoms with E-state index in [4.69, 9.17) is 10.3 Å². The summed E-state index contributed by atoms with van der Waals surface area (Å²) in [5.41, 5.74) is 9.26. The quantitative estimate of drug-likeness (QED) is 0.876. The van der Waals surface area contributed by atoms with Crippen LogP contribution in [-0.4, -0.2) is 5.16 Å². The Morgan fingerprint density at radius 1 is 1.29 bits per heavy atom. The highest BCUT2D eigenvalue weighted by molar-refractivity contribution is 5.66. The molecule has 2 N–H and O–H groups in total. The lowest BCUT2D eigenvalue weighted by molar-refractivity contribution is 0.435. The first-order valence-electron chi connectivity index (χ1n) is 5.97. The van der Waals surface area contributed by atoms with Gasteiger partial charge < -0.3 is 10.3 Å². The number of nitrogens with zero attached hydrogens (tertiary/aromatic N) is 1. The van der Waals surface area contributed by atoms with Gasteiger partial charge in [-0.1, -0.05) is 38.1 Å². The van der Waals surface area contributed by atoms with Crippen molar-refractivity contribution in [2.45, 2.75) is 33.1 Å². The molecule has 1 heterocycles. The topological polar surface area (TPSA) is 52.0 Å². The second-order valence-corrected chi connectivity index (χ2v) is 4.55. The van der Waals surface area contributed by atoms with E-state index in [2.05, 4.69) is 44.1 Å². The lowest BCUT2D eigenvalue weighted by atomic mass is 9.93. The van der Waals surface area contributed by atoms with Crippen LogP contribution in [0.25, 0.3) is 11.3 Å². The molecule has 0 atom stereocenters. The molecule has 0 saturated heterocycles. The smallest absolute Gasteiger partial charge is 0.169 e. The first-order valence-corrected chi connectivity index (χ1v) is 5.97. The van der Waals surface area contributed by atoms with Gasteiger partial charge in [-0.2, -0.15) is 0 Å². The predicted octanol–water partition coefficient (Wildman–Crippen LogP) is 3.61. The molecule has 1 aromatic heterocycles. The molecule has 0 aliphatic heterocycles. The molecule has 0 amide bonds. The first-order chi connectivity index (χ1) is 8.11. The lowest BCUT2D eigenvalue weighted by Crippen LogP contribution is -1.93. The fourth-order valence-corrected chi connectivity index (χ4v) is 1.96. The van der Waals surface area contributed by atoms with Crippen molar-refractivity contribution in [2.75, 3.05) is 5.73 Å². The lowest BCUT2D eigenvalue weighted by Gasteiger charge is -2.11. The van der Waals surface area contributed by atoms with E-state index in [0.29, 0.717) is 11.7 Å². The van der Waals surface area contributed by atoms with Crippen LogP contribution in [0.1, 0.15) is 37.8 Å². The van der Waals surface area contributed by atoms with Gasteiger partial charge in [0.1, 0.15) is 0 Å². The number of nitrogen functional groups attached to an aromatic ring is 1. The van der Waals surface area contributed by atoms with Gasteiger partial charge in [0.2, 0.25) is 0 Å². The maximum absolute atomic E-state index is 5.61. The second kappa shape index (κ2) is 4.62. The van der Waals surface area contributed by atoms with E-state index >= 15 is 0 Å². The van der Waals surface area contributed by atoms with Gasteiger partial charge in [-0.3, -0.25) is 0 Å². The molecule has 2 aromatic rings. The van der Waals surface area contributed by atoms with E-state index in [0.717, 1.165) is 17.7 Å². The Labute approximate surface area is 102 Å². The predicted molar refractivity (Wildman–Crippen MR) is 69.8 cm³/mol. The first kappa shape index (κ1) is 11.7. The van der Waals surface area contributed by atoms with Gasteiger partial charge in [-0.25, -0.2) is 0 Å². The van der Waals surface area contributed by atoms with Crippen molar-refractivity contribution in [3.63, 3.8) is 0 Å². The molecular formula is C14H18N2O. The molecule has 0 radical (unpaired) electrons. The molecule has 0 aliphatic rings. The summed E-state index contributed by atoms with van der Waals surface area (Å²) in [6.45, 7) is 6.48. The second-order valence-electron chi connectivity index (χ2n) is 4.55. The Kier molecular flexibility index (Phi) is 3.18. The Morgan fingerprint density at radius 3 is 2.59 bits per heavy atom. The number of hydrogen-bond donors (Lipinski definition) is 1. The van der Waals surface area contributed by atoms with E-state index in [-0.39, 0.29) is 0 Å². The van der Waals surface area contributed by atoms with Crippen molar-refractivity contribution in [1.82, 2.24) is 5.16 Å². The molecular weight excluding hydrogens is 212 g/mol. The number of aryl methyl sites for hydroxylation is 1. The minimum absolute atomic E-state index is 0.427. The van der Waals surface area contributed by atoms with Gasteiger partial charge in [0.25, 0.3) is 0 Å². The summed E-state index contributed by atoms with van der Waals surface area (Å²) in [5, 5.41) is 3.75. The summed E-state index contributed by atoms with van der Waals surface area (Å²) in [7, 11) is 0. The summed E-state index contributed by atoms with van der Waals surface area (Å²) >= 11 is 0. The monoisotopic (exact) mass is 230 g/mol. The summed E-state index contributed by atoms with van der Waals surface area (Å²) in [6, 6.07) is 8.27. The Balaban J connectivity index is 2.56. The van der Waals surface area contributed by atoms with Crippen LogP contribution in [0.15, 0.2) is 28.8 Å². The molecule has 90 valence electrons. The van der Waals surface area contributed by atoms with Gasteiger partial charge in [0, 0.05) is 11.6 Å². The van der Waals surface area contributed by atoms with Crippen LogP contribution in [0.3, 0.4) is 0 Å². The third-order valence-electron chi connectivity index (χ3n) is 2.94. The number of hydrogen-bond acceptors (Lipinski definition) is 3. The van der Waals surface area contributed by atoms with Crippen molar-refractivity contribution in [3.8, 4) is 11.3 Å². The van der Waals surface area contributed by atoms with Gasteiger partial charge in [0.15, 0.2) is 11.6 Å². The van der Waals surface area contributed by atoms with Crippen LogP contribution in [-0.2, 0) is 6.42 Å². The maximum atomic E-state index is 5.61. The zero-order valence-corrected chi connectivity index (χ0v) is 10.5. The van der Waals surface area contributed by atoms with Gasteiger partial charge >= 0.3 is 0 Å². The Bertz CT molecular complexity index is 515. The summed E-state index contributed by atoms with van der Waals surface area (Å²) in [4.78, 5) is 0. The van der Waals surface area contributed by atoms with E-state index in [1.807, 2.05) is 0 Å². The maximum Gasteiger partial charge on any atom is 0.169 e. The minimum atomic E-state index is 0.427. The van der Waals surface area contributed by atoms with E-state index < -0.39 is 0 Å². The van der Waals surface area contributed by atoms with Crippen molar-refractivity contribution < 1.29 is 4.52 Å². The van der Waals surface area contributed by atoms with E-state index in [9.17, 15) is 0 Å². The van der Waals surface area contributed by atoms with E-state index in [1.54, 1.807) is 6.07 Å². The highest BCUT2D eigenvalue weighted by Gasteiger charge is 2.13. The van der Waals surface area contributed by atoms with Crippen molar-refractivity contribution in [1.29, 1.82) is 0 Å². The van der Waals surface area contributed by atoms with Gasteiger partial charge in [-0.05, 0) is 29.5 Å². The fraction of sp³-hybridized carbons (Fsp3) is 0.357. The highest BCUT2D eigenvalue weighted by Crippen LogP contribution is 2.31. The van der Waals surface area contributed by atoms with Crippen LogP contribution in [0.5, 0.6) is 0 Å². The Hall–Kier alpha value is -1.77. The number of rotatable bonds is 3. The highest BCUT2D eigenvalue weighted by atomic mass is 16.5. The van der Waals surface area contributed by atoms with Gasteiger partial charge in [-0.15, -0.1) is 0 Å². The third-order valence-corrected chi connectivity index (χ3v) is 2.94. The summed E-state index contributed by atoms with van der Waals surface area (Å²) in [5.74, 6) is 1.63. The molecule has 0 saturated carbocycles. The molecule has 17 heavy (non-hydrogen) atoms.